The molecular weight excluding hydrogens is 300 g/mol. The van der Waals surface area contributed by atoms with Crippen LogP contribution < -0.4 is 10.5 Å². The van der Waals surface area contributed by atoms with Crippen molar-refractivity contribution in [1.29, 1.82) is 0 Å². The molecule has 0 saturated carbocycles. The number of nitrogen functional groups attached to an aromatic ring is 1. The summed E-state index contributed by atoms with van der Waals surface area (Å²) in [6, 6.07) is 8.43. The van der Waals surface area contributed by atoms with Gasteiger partial charge in [0.2, 0.25) is 5.88 Å². The number of aromatic carboxylic acids is 1. The fourth-order valence-corrected chi connectivity index (χ4v) is 1.72. The number of carbonyl (C=O) groups is 1. The molecule has 2 rings (SSSR count). The highest BCUT2D eigenvalue weighted by Gasteiger charge is 2.10. The summed E-state index contributed by atoms with van der Waals surface area (Å²) in [6.45, 7) is 0. The van der Waals surface area contributed by atoms with E-state index in [1.165, 1.54) is 12.3 Å². The molecule has 0 spiro atoms. The molecule has 0 unspecified atom stereocenters. The van der Waals surface area contributed by atoms with Gasteiger partial charge >= 0.3 is 5.97 Å². The summed E-state index contributed by atoms with van der Waals surface area (Å²) in [7, 11) is 0. The summed E-state index contributed by atoms with van der Waals surface area (Å²) in [6.07, 6.45) is 1.26. The predicted molar refractivity (Wildman–Crippen MR) is 69.8 cm³/mol. The van der Waals surface area contributed by atoms with E-state index >= 15 is 0 Å². The quantitative estimate of drug-likeness (QED) is 0.910. The molecule has 92 valence electrons. The van der Waals surface area contributed by atoms with E-state index in [9.17, 15) is 4.79 Å². The number of aromatic nitrogens is 1. The van der Waals surface area contributed by atoms with Gasteiger partial charge in [0.25, 0.3) is 0 Å². The van der Waals surface area contributed by atoms with E-state index in [1.54, 1.807) is 18.2 Å². The number of benzene rings is 1. The monoisotopic (exact) mass is 308 g/mol. The first kappa shape index (κ1) is 12.4. The zero-order valence-electron chi connectivity index (χ0n) is 9.13. The average molecular weight is 309 g/mol. The standard InChI is InChI=1S/C12H9BrN2O3/c13-7-2-1-3-8(4-7)18-11-5-9(12(16)17)10(14)6-15-11/h1-6H,14H2,(H,16,17). The minimum atomic E-state index is -1.12. The molecule has 0 aliphatic rings. The van der Waals surface area contributed by atoms with Gasteiger partial charge < -0.3 is 15.6 Å². The van der Waals surface area contributed by atoms with Crippen molar-refractivity contribution in [2.24, 2.45) is 0 Å². The molecule has 0 amide bonds. The van der Waals surface area contributed by atoms with Crippen LogP contribution in [0.4, 0.5) is 5.69 Å². The third-order valence-electron chi connectivity index (χ3n) is 2.16. The van der Waals surface area contributed by atoms with E-state index < -0.39 is 5.97 Å². The van der Waals surface area contributed by atoms with Gasteiger partial charge in [-0.2, -0.15) is 0 Å². The molecule has 0 saturated heterocycles. The van der Waals surface area contributed by atoms with E-state index in [2.05, 4.69) is 20.9 Å². The van der Waals surface area contributed by atoms with Crippen molar-refractivity contribution in [2.75, 3.05) is 5.73 Å². The van der Waals surface area contributed by atoms with Crippen LogP contribution in [0.5, 0.6) is 11.6 Å². The highest BCUT2D eigenvalue weighted by molar-refractivity contribution is 9.10. The normalized spacial score (nSPS) is 10.1. The molecule has 0 bridgehead atoms. The Morgan fingerprint density at radius 3 is 2.83 bits per heavy atom. The number of ether oxygens (including phenoxy) is 1. The minimum Gasteiger partial charge on any atom is -0.478 e. The van der Waals surface area contributed by atoms with Crippen molar-refractivity contribution in [3.8, 4) is 11.6 Å². The van der Waals surface area contributed by atoms with Crippen molar-refractivity contribution >= 4 is 27.6 Å². The van der Waals surface area contributed by atoms with Gasteiger partial charge in [0, 0.05) is 10.5 Å². The molecule has 0 aliphatic heterocycles. The zero-order chi connectivity index (χ0) is 13.1. The molecule has 6 heteroatoms. The van der Waals surface area contributed by atoms with Gasteiger partial charge in [0.1, 0.15) is 5.75 Å². The Hall–Kier alpha value is -2.08. The molecule has 0 aliphatic carbocycles. The summed E-state index contributed by atoms with van der Waals surface area (Å²) in [4.78, 5) is 14.8. The van der Waals surface area contributed by atoms with Gasteiger partial charge in [0.15, 0.2) is 0 Å². The number of hydrogen-bond donors (Lipinski definition) is 2. The maximum absolute atomic E-state index is 10.9. The van der Waals surface area contributed by atoms with E-state index in [-0.39, 0.29) is 17.1 Å². The molecule has 1 aromatic heterocycles. The Labute approximate surface area is 111 Å². The van der Waals surface area contributed by atoms with Crippen LogP contribution in [-0.2, 0) is 0 Å². The molecule has 1 heterocycles. The minimum absolute atomic E-state index is 0.0324. The number of nitrogens with zero attached hydrogens (tertiary/aromatic N) is 1. The summed E-state index contributed by atoms with van der Waals surface area (Å²) in [5.74, 6) is -0.383. The lowest BCUT2D eigenvalue weighted by molar-refractivity contribution is 0.0697. The van der Waals surface area contributed by atoms with Crippen LogP contribution in [0.2, 0.25) is 0 Å². The average Bonchev–Trinajstić information content (AvgIpc) is 2.31. The van der Waals surface area contributed by atoms with E-state index in [0.29, 0.717) is 5.75 Å². The van der Waals surface area contributed by atoms with Gasteiger partial charge in [-0.1, -0.05) is 22.0 Å². The van der Waals surface area contributed by atoms with Crippen molar-refractivity contribution in [3.63, 3.8) is 0 Å². The van der Waals surface area contributed by atoms with Crippen LogP contribution in [0.3, 0.4) is 0 Å². The van der Waals surface area contributed by atoms with Crippen molar-refractivity contribution in [3.05, 3.63) is 46.6 Å². The third kappa shape index (κ3) is 2.78. The van der Waals surface area contributed by atoms with Crippen LogP contribution in [0.25, 0.3) is 0 Å². The van der Waals surface area contributed by atoms with Gasteiger partial charge in [-0.3, -0.25) is 0 Å². The Balaban J connectivity index is 2.30. The summed E-state index contributed by atoms with van der Waals surface area (Å²) >= 11 is 3.31. The first-order valence-corrected chi connectivity index (χ1v) is 5.78. The molecule has 0 atom stereocenters. The fraction of sp³-hybridized carbons (Fsp3) is 0. The highest BCUT2D eigenvalue weighted by atomic mass is 79.9. The molecule has 1 aromatic carbocycles. The molecule has 3 N–H and O–H groups in total. The molecular formula is C12H9BrN2O3. The largest absolute Gasteiger partial charge is 0.478 e. The number of rotatable bonds is 3. The second-order valence-corrected chi connectivity index (χ2v) is 4.39. The van der Waals surface area contributed by atoms with Crippen LogP contribution in [0.15, 0.2) is 41.0 Å². The summed E-state index contributed by atoms with van der Waals surface area (Å²) in [5, 5.41) is 8.93. The first-order valence-electron chi connectivity index (χ1n) is 4.98. The van der Waals surface area contributed by atoms with Crippen LogP contribution in [0, 0.1) is 0 Å². The molecule has 5 nitrogen and oxygen atoms in total. The highest BCUT2D eigenvalue weighted by Crippen LogP contribution is 2.24. The third-order valence-corrected chi connectivity index (χ3v) is 2.65. The van der Waals surface area contributed by atoms with E-state index in [4.69, 9.17) is 15.6 Å². The lowest BCUT2D eigenvalue weighted by atomic mass is 10.2. The maximum Gasteiger partial charge on any atom is 0.338 e. The number of anilines is 1. The van der Waals surface area contributed by atoms with Crippen molar-refractivity contribution in [1.82, 2.24) is 4.98 Å². The Morgan fingerprint density at radius 1 is 1.39 bits per heavy atom. The lowest BCUT2D eigenvalue weighted by Crippen LogP contribution is -2.03. The first-order chi connectivity index (χ1) is 8.56. The lowest BCUT2D eigenvalue weighted by Gasteiger charge is -2.07. The summed E-state index contributed by atoms with van der Waals surface area (Å²) in [5.41, 5.74) is 5.57. The number of nitrogens with two attached hydrogens (primary N) is 1. The smallest absolute Gasteiger partial charge is 0.338 e. The maximum atomic E-state index is 10.9. The van der Waals surface area contributed by atoms with Gasteiger partial charge in [0.05, 0.1) is 17.4 Å². The number of carboxylic acid groups (broad SMARTS) is 1. The zero-order valence-corrected chi connectivity index (χ0v) is 10.7. The van der Waals surface area contributed by atoms with E-state index in [1.807, 2.05) is 6.07 Å². The second kappa shape index (κ2) is 5.05. The van der Waals surface area contributed by atoms with Crippen LogP contribution >= 0.6 is 15.9 Å². The van der Waals surface area contributed by atoms with Gasteiger partial charge in [-0.15, -0.1) is 0 Å². The molecule has 18 heavy (non-hydrogen) atoms. The van der Waals surface area contributed by atoms with Crippen LogP contribution in [0.1, 0.15) is 10.4 Å². The number of halogens is 1. The number of carboxylic acids is 1. The van der Waals surface area contributed by atoms with Crippen LogP contribution in [-0.4, -0.2) is 16.1 Å². The molecule has 0 fully saturated rings. The number of hydrogen-bond acceptors (Lipinski definition) is 4. The Morgan fingerprint density at radius 2 is 2.17 bits per heavy atom. The summed E-state index contributed by atoms with van der Waals surface area (Å²) < 4.78 is 6.30. The fourth-order valence-electron chi connectivity index (χ4n) is 1.34. The van der Waals surface area contributed by atoms with Gasteiger partial charge in [-0.25, -0.2) is 9.78 Å². The molecule has 0 radical (unpaired) electrons. The number of pyridine rings is 1. The topological polar surface area (TPSA) is 85.4 Å². The van der Waals surface area contributed by atoms with Gasteiger partial charge in [-0.05, 0) is 18.2 Å². The predicted octanol–water partition coefficient (Wildman–Crippen LogP) is 2.92. The Kier molecular flexibility index (Phi) is 3.47. The van der Waals surface area contributed by atoms with Crippen molar-refractivity contribution < 1.29 is 14.6 Å². The molecule has 2 aromatic rings. The Bertz CT molecular complexity index is 602. The second-order valence-electron chi connectivity index (χ2n) is 3.47. The van der Waals surface area contributed by atoms with E-state index in [0.717, 1.165) is 4.47 Å². The SMILES string of the molecule is Nc1cnc(Oc2cccc(Br)c2)cc1C(=O)O. The van der Waals surface area contributed by atoms with Crippen molar-refractivity contribution in [2.45, 2.75) is 0 Å².